The van der Waals surface area contributed by atoms with Gasteiger partial charge in [0.1, 0.15) is 5.75 Å². The van der Waals surface area contributed by atoms with Crippen molar-refractivity contribution in [3.8, 4) is 5.75 Å². The third-order valence-corrected chi connectivity index (χ3v) is 4.83. The highest BCUT2D eigenvalue weighted by Crippen LogP contribution is 2.16. The molecule has 2 aromatic rings. The minimum Gasteiger partial charge on any atom is -0.493 e. The van der Waals surface area contributed by atoms with E-state index in [4.69, 9.17) is 16.3 Å². The number of halogens is 1. The molecule has 2 aromatic carbocycles. The van der Waals surface area contributed by atoms with E-state index in [1.807, 2.05) is 35.2 Å². The topological polar surface area (TPSA) is 58.6 Å². The van der Waals surface area contributed by atoms with E-state index >= 15 is 0 Å². The highest BCUT2D eigenvalue weighted by Gasteiger charge is 2.24. The van der Waals surface area contributed by atoms with Crippen LogP contribution in [0.4, 0.5) is 0 Å². The third kappa shape index (κ3) is 5.73. The summed E-state index contributed by atoms with van der Waals surface area (Å²) in [6, 6.07) is 16.5. The Labute approximate surface area is 164 Å². The molecule has 1 fully saturated rings. The Morgan fingerprint density at radius 1 is 1.04 bits per heavy atom. The molecule has 0 saturated carbocycles. The highest BCUT2D eigenvalue weighted by atomic mass is 35.5. The van der Waals surface area contributed by atoms with E-state index in [9.17, 15) is 9.59 Å². The van der Waals surface area contributed by atoms with Crippen LogP contribution in [0.5, 0.6) is 5.75 Å². The van der Waals surface area contributed by atoms with E-state index in [1.165, 1.54) is 0 Å². The van der Waals surface area contributed by atoms with Gasteiger partial charge < -0.3 is 15.0 Å². The Balaban J connectivity index is 1.38. The van der Waals surface area contributed by atoms with Crippen molar-refractivity contribution >= 4 is 23.4 Å². The number of rotatable bonds is 6. The maximum Gasteiger partial charge on any atom is 0.253 e. The molecule has 0 spiro atoms. The highest BCUT2D eigenvalue weighted by molar-refractivity contribution is 6.30. The number of para-hydroxylation sites is 1. The Morgan fingerprint density at radius 3 is 2.37 bits per heavy atom. The number of piperidine rings is 1. The maximum atomic E-state index is 12.5. The van der Waals surface area contributed by atoms with Crippen LogP contribution in [-0.2, 0) is 4.79 Å². The van der Waals surface area contributed by atoms with Crippen molar-refractivity contribution < 1.29 is 14.3 Å². The number of hydrogen-bond donors (Lipinski definition) is 1. The average Bonchev–Trinajstić information content (AvgIpc) is 2.69. The molecule has 1 heterocycles. The van der Waals surface area contributed by atoms with Crippen LogP contribution < -0.4 is 10.1 Å². The van der Waals surface area contributed by atoms with Gasteiger partial charge in [0.05, 0.1) is 13.0 Å². The molecule has 0 aliphatic carbocycles. The molecule has 0 aromatic heterocycles. The summed E-state index contributed by atoms with van der Waals surface area (Å²) in [5, 5.41) is 3.65. The van der Waals surface area contributed by atoms with Crippen molar-refractivity contribution in [3.63, 3.8) is 0 Å². The van der Waals surface area contributed by atoms with Gasteiger partial charge in [0.25, 0.3) is 5.91 Å². The molecule has 0 radical (unpaired) electrons. The van der Waals surface area contributed by atoms with Gasteiger partial charge in [0, 0.05) is 29.7 Å². The number of amides is 2. The standard InChI is InChI=1S/C21H23ClN2O3/c22-17-8-6-16(7-9-17)21(26)24-13-10-18(11-14-24)23-20(25)12-15-27-19-4-2-1-3-5-19/h1-9,18H,10-15H2,(H,23,25). The van der Waals surface area contributed by atoms with Crippen molar-refractivity contribution in [2.45, 2.75) is 25.3 Å². The summed E-state index contributed by atoms with van der Waals surface area (Å²) in [4.78, 5) is 26.4. The monoisotopic (exact) mass is 386 g/mol. The van der Waals surface area contributed by atoms with E-state index in [-0.39, 0.29) is 17.9 Å². The molecule has 1 aliphatic heterocycles. The summed E-state index contributed by atoms with van der Waals surface area (Å²) in [5.41, 5.74) is 0.639. The van der Waals surface area contributed by atoms with E-state index in [0.29, 0.717) is 36.7 Å². The lowest BCUT2D eigenvalue weighted by molar-refractivity contribution is -0.122. The van der Waals surface area contributed by atoms with Gasteiger partial charge in [0.15, 0.2) is 0 Å². The smallest absolute Gasteiger partial charge is 0.253 e. The Morgan fingerprint density at radius 2 is 1.70 bits per heavy atom. The predicted octanol–water partition coefficient (Wildman–Crippen LogP) is 3.53. The van der Waals surface area contributed by atoms with Crippen LogP contribution in [0.1, 0.15) is 29.6 Å². The van der Waals surface area contributed by atoms with Gasteiger partial charge in [-0.3, -0.25) is 9.59 Å². The summed E-state index contributed by atoms with van der Waals surface area (Å²) in [6.07, 6.45) is 1.83. The lowest BCUT2D eigenvalue weighted by atomic mass is 10.0. The van der Waals surface area contributed by atoms with Gasteiger partial charge in [-0.05, 0) is 49.2 Å². The van der Waals surface area contributed by atoms with E-state index in [2.05, 4.69) is 5.32 Å². The van der Waals surface area contributed by atoms with Gasteiger partial charge in [-0.15, -0.1) is 0 Å². The van der Waals surface area contributed by atoms with Crippen LogP contribution in [-0.4, -0.2) is 42.5 Å². The molecule has 1 aliphatic rings. The largest absolute Gasteiger partial charge is 0.493 e. The Hall–Kier alpha value is -2.53. The zero-order chi connectivity index (χ0) is 19.1. The first-order valence-electron chi connectivity index (χ1n) is 9.14. The van der Waals surface area contributed by atoms with Crippen molar-refractivity contribution in [1.29, 1.82) is 0 Å². The number of carbonyl (C=O) groups is 2. The molecule has 0 atom stereocenters. The van der Waals surface area contributed by atoms with E-state index < -0.39 is 0 Å². The number of carbonyl (C=O) groups excluding carboxylic acids is 2. The average molecular weight is 387 g/mol. The van der Waals surface area contributed by atoms with Crippen LogP contribution in [0, 0.1) is 0 Å². The molecule has 0 bridgehead atoms. The zero-order valence-electron chi connectivity index (χ0n) is 15.1. The normalized spacial score (nSPS) is 14.6. The fourth-order valence-electron chi connectivity index (χ4n) is 3.08. The number of likely N-dealkylation sites (tertiary alicyclic amines) is 1. The summed E-state index contributed by atoms with van der Waals surface area (Å²) < 4.78 is 5.55. The minimum atomic E-state index is -0.0200. The van der Waals surface area contributed by atoms with Crippen LogP contribution in [0.15, 0.2) is 54.6 Å². The van der Waals surface area contributed by atoms with Gasteiger partial charge >= 0.3 is 0 Å². The fourth-order valence-corrected chi connectivity index (χ4v) is 3.21. The first-order chi connectivity index (χ1) is 13.1. The van der Waals surface area contributed by atoms with Gasteiger partial charge in [-0.1, -0.05) is 29.8 Å². The quantitative estimate of drug-likeness (QED) is 0.826. The molecule has 1 saturated heterocycles. The van der Waals surface area contributed by atoms with Gasteiger partial charge in [0.2, 0.25) is 5.91 Å². The summed E-state index contributed by atoms with van der Waals surface area (Å²) >= 11 is 5.87. The first-order valence-corrected chi connectivity index (χ1v) is 9.51. The molecule has 6 heteroatoms. The number of ether oxygens (including phenoxy) is 1. The molecular formula is C21H23ClN2O3. The summed E-state index contributed by atoms with van der Waals surface area (Å²) in [5.74, 6) is 0.750. The van der Waals surface area contributed by atoms with Crippen LogP contribution in [0.25, 0.3) is 0 Å². The molecule has 2 amide bonds. The number of benzene rings is 2. The molecule has 27 heavy (non-hydrogen) atoms. The third-order valence-electron chi connectivity index (χ3n) is 4.58. The Kier molecular flexibility index (Phi) is 6.71. The van der Waals surface area contributed by atoms with Crippen LogP contribution >= 0.6 is 11.6 Å². The zero-order valence-corrected chi connectivity index (χ0v) is 15.8. The predicted molar refractivity (Wildman–Crippen MR) is 105 cm³/mol. The first kappa shape index (κ1) is 19.2. The van der Waals surface area contributed by atoms with Crippen LogP contribution in [0.2, 0.25) is 5.02 Å². The molecule has 142 valence electrons. The molecule has 1 N–H and O–H groups in total. The van der Waals surface area contributed by atoms with E-state index in [0.717, 1.165) is 18.6 Å². The van der Waals surface area contributed by atoms with Gasteiger partial charge in [-0.2, -0.15) is 0 Å². The molecule has 5 nitrogen and oxygen atoms in total. The second-order valence-electron chi connectivity index (χ2n) is 6.55. The number of nitrogens with zero attached hydrogens (tertiary/aromatic N) is 1. The van der Waals surface area contributed by atoms with Gasteiger partial charge in [-0.25, -0.2) is 0 Å². The Bertz CT molecular complexity index is 757. The SMILES string of the molecule is O=C(CCOc1ccccc1)NC1CCN(C(=O)c2ccc(Cl)cc2)CC1. The van der Waals surface area contributed by atoms with E-state index in [1.54, 1.807) is 24.3 Å². The summed E-state index contributed by atoms with van der Waals surface area (Å²) in [6.45, 7) is 1.61. The van der Waals surface area contributed by atoms with Crippen molar-refractivity contribution in [2.75, 3.05) is 19.7 Å². The molecule has 3 rings (SSSR count). The van der Waals surface area contributed by atoms with Crippen molar-refractivity contribution in [2.24, 2.45) is 0 Å². The second-order valence-corrected chi connectivity index (χ2v) is 6.99. The minimum absolute atomic E-state index is 0.00713. The molecule has 0 unspecified atom stereocenters. The molecular weight excluding hydrogens is 364 g/mol. The van der Waals surface area contributed by atoms with Crippen LogP contribution in [0.3, 0.4) is 0 Å². The van der Waals surface area contributed by atoms with Crippen molar-refractivity contribution in [1.82, 2.24) is 10.2 Å². The maximum absolute atomic E-state index is 12.5. The fraction of sp³-hybridized carbons (Fsp3) is 0.333. The number of hydrogen-bond acceptors (Lipinski definition) is 3. The van der Waals surface area contributed by atoms with Crippen molar-refractivity contribution in [3.05, 3.63) is 65.2 Å². The number of nitrogens with one attached hydrogen (secondary N) is 1. The lowest BCUT2D eigenvalue weighted by Gasteiger charge is -2.32. The lowest BCUT2D eigenvalue weighted by Crippen LogP contribution is -2.46. The summed E-state index contributed by atoms with van der Waals surface area (Å²) in [7, 11) is 0. The second kappa shape index (κ2) is 9.42.